The number of benzene rings is 1. The van der Waals surface area contributed by atoms with Crippen LogP contribution in [0.3, 0.4) is 0 Å². The van der Waals surface area contributed by atoms with Gasteiger partial charge in [-0.15, -0.1) is 0 Å². The highest BCUT2D eigenvalue weighted by molar-refractivity contribution is 5.98. The predicted octanol–water partition coefficient (Wildman–Crippen LogP) is 2.43. The average Bonchev–Trinajstić information content (AvgIpc) is 2.39. The molecule has 1 aromatic carbocycles. The molecular weight excluding hydrogens is 216 g/mol. The molecule has 1 aliphatic carbocycles. The Labute approximate surface area is 101 Å². The molecule has 2 rings (SSSR count). The van der Waals surface area contributed by atoms with Crippen molar-refractivity contribution in [3.05, 3.63) is 29.8 Å². The van der Waals surface area contributed by atoms with Gasteiger partial charge in [-0.2, -0.15) is 0 Å². The summed E-state index contributed by atoms with van der Waals surface area (Å²) in [6.07, 6.45) is 3.12. The van der Waals surface area contributed by atoms with Gasteiger partial charge in [0.05, 0.1) is 13.2 Å². The number of ether oxygens (including phenoxy) is 1. The number of Topliss-reactive ketones (excluding diaryl/α,β-unsaturated/α-hetero) is 1. The maximum atomic E-state index is 12.2. The maximum Gasteiger partial charge on any atom is 0.168 e. The molecule has 0 unspecified atom stereocenters. The number of hydrogen-bond donors (Lipinski definition) is 1. The summed E-state index contributed by atoms with van der Waals surface area (Å²) in [4.78, 5) is 12.2. The van der Waals surface area contributed by atoms with Crippen LogP contribution in [-0.2, 0) is 0 Å². The highest BCUT2D eigenvalue weighted by Gasteiger charge is 2.29. The Hall–Kier alpha value is -1.35. The fourth-order valence-corrected chi connectivity index (χ4v) is 2.39. The van der Waals surface area contributed by atoms with Gasteiger partial charge in [0.1, 0.15) is 5.75 Å². The fraction of sp³-hybridized carbons (Fsp3) is 0.500. The lowest BCUT2D eigenvalue weighted by molar-refractivity contribution is 0.0525. The average molecular weight is 234 g/mol. The van der Waals surface area contributed by atoms with Crippen LogP contribution in [0.2, 0.25) is 0 Å². The largest absolute Gasteiger partial charge is 0.497 e. The lowest BCUT2D eigenvalue weighted by Gasteiger charge is -2.26. The minimum Gasteiger partial charge on any atom is -0.497 e. The zero-order valence-electron chi connectivity index (χ0n) is 10.1. The van der Waals surface area contributed by atoms with E-state index in [0.717, 1.165) is 31.4 Å². The van der Waals surface area contributed by atoms with Gasteiger partial charge < -0.3 is 9.84 Å². The molecular formula is C14H18O3. The minimum absolute atomic E-state index is 0.0554. The van der Waals surface area contributed by atoms with E-state index in [0.29, 0.717) is 5.56 Å². The van der Waals surface area contributed by atoms with Crippen molar-refractivity contribution in [1.82, 2.24) is 0 Å². The maximum absolute atomic E-state index is 12.2. The molecule has 3 nitrogen and oxygen atoms in total. The molecule has 0 bridgehead atoms. The van der Waals surface area contributed by atoms with Crippen LogP contribution >= 0.6 is 0 Å². The van der Waals surface area contributed by atoms with E-state index in [-0.39, 0.29) is 11.7 Å². The van der Waals surface area contributed by atoms with Gasteiger partial charge in [-0.05, 0) is 37.1 Å². The van der Waals surface area contributed by atoms with Gasteiger partial charge in [0.2, 0.25) is 0 Å². The molecule has 1 saturated carbocycles. The van der Waals surface area contributed by atoms with Gasteiger partial charge in [-0.1, -0.05) is 12.8 Å². The molecule has 1 fully saturated rings. The standard InChI is InChI=1S/C14H18O3/c1-17-11-8-6-10(7-9-11)14(16)12-4-2-3-5-13(12)15/h6-9,12-13,15H,2-5H2,1H3/t12-,13+/m1/s1. The number of ketones is 1. The van der Waals surface area contributed by atoms with Crippen molar-refractivity contribution in [1.29, 1.82) is 0 Å². The zero-order valence-corrected chi connectivity index (χ0v) is 10.1. The first-order valence-corrected chi connectivity index (χ1v) is 6.08. The van der Waals surface area contributed by atoms with E-state index in [1.54, 1.807) is 31.4 Å². The molecule has 0 aromatic heterocycles. The number of methoxy groups -OCH3 is 1. The van der Waals surface area contributed by atoms with E-state index < -0.39 is 6.10 Å². The number of rotatable bonds is 3. The molecule has 0 spiro atoms. The van der Waals surface area contributed by atoms with E-state index in [1.165, 1.54) is 0 Å². The number of aliphatic hydroxyl groups is 1. The van der Waals surface area contributed by atoms with Crippen LogP contribution in [-0.4, -0.2) is 24.1 Å². The summed E-state index contributed by atoms with van der Waals surface area (Å²) >= 11 is 0. The van der Waals surface area contributed by atoms with E-state index in [4.69, 9.17) is 4.74 Å². The van der Waals surface area contributed by atoms with Gasteiger partial charge in [0, 0.05) is 11.5 Å². The second-order valence-electron chi connectivity index (χ2n) is 4.55. The summed E-state index contributed by atoms with van der Waals surface area (Å²) in [5, 5.41) is 9.86. The fourth-order valence-electron chi connectivity index (χ4n) is 2.39. The normalized spacial score (nSPS) is 24.4. The lowest BCUT2D eigenvalue weighted by Crippen LogP contribution is -2.31. The molecule has 1 aromatic rings. The first-order valence-electron chi connectivity index (χ1n) is 6.08. The van der Waals surface area contributed by atoms with E-state index in [9.17, 15) is 9.90 Å². The highest BCUT2D eigenvalue weighted by Crippen LogP contribution is 2.27. The third-order valence-corrected chi connectivity index (χ3v) is 3.44. The van der Waals surface area contributed by atoms with Crippen molar-refractivity contribution in [2.24, 2.45) is 5.92 Å². The van der Waals surface area contributed by atoms with Crippen LogP contribution in [0.1, 0.15) is 36.0 Å². The predicted molar refractivity (Wildman–Crippen MR) is 65.3 cm³/mol. The molecule has 2 atom stereocenters. The molecule has 1 aliphatic rings. The smallest absolute Gasteiger partial charge is 0.168 e. The Morgan fingerprint density at radius 3 is 2.47 bits per heavy atom. The first-order chi connectivity index (χ1) is 8.22. The summed E-state index contributed by atoms with van der Waals surface area (Å²) in [6, 6.07) is 7.09. The molecule has 3 heteroatoms. The second kappa shape index (κ2) is 5.32. The molecule has 0 saturated heterocycles. The van der Waals surface area contributed by atoms with Gasteiger partial charge >= 0.3 is 0 Å². The van der Waals surface area contributed by atoms with Crippen LogP contribution in [0.4, 0.5) is 0 Å². The van der Waals surface area contributed by atoms with Crippen molar-refractivity contribution < 1.29 is 14.6 Å². The molecule has 0 aliphatic heterocycles. The van der Waals surface area contributed by atoms with Crippen molar-refractivity contribution >= 4 is 5.78 Å². The van der Waals surface area contributed by atoms with E-state index in [2.05, 4.69) is 0 Å². The SMILES string of the molecule is COc1ccc(C(=O)[C@@H]2CCCC[C@@H]2O)cc1. The Morgan fingerprint density at radius 2 is 1.88 bits per heavy atom. The number of carbonyl (C=O) groups is 1. The summed E-state index contributed by atoms with van der Waals surface area (Å²) in [5.74, 6) is 0.572. The van der Waals surface area contributed by atoms with E-state index >= 15 is 0 Å². The number of aliphatic hydroxyl groups excluding tert-OH is 1. The van der Waals surface area contributed by atoms with Crippen molar-refractivity contribution in [3.8, 4) is 5.75 Å². The summed E-state index contributed by atoms with van der Waals surface area (Å²) in [6.45, 7) is 0. The quantitative estimate of drug-likeness (QED) is 0.817. The van der Waals surface area contributed by atoms with Crippen molar-refractivity contribution in [2.75, 3.05) is 7.11 Å². The summed E-state index contributed by atoms with van der Waals surface area (Å²) < 4.78 is 5.05. The Bertz CT molecular complexity index is 383. The summed E-state index contributed by atoms with van der Waals surface area (Å²) in [7, 11) is 1.60. The van der Waals surface area contributed by atoms with Gasteiger partial charge in [-0.25, -0.2) is 0 Å². The molecule has 0 radical (unpaired) electrons. The van der Waals surface area contributed by atoms with E-state index in [1.807, 2.05) is 0 Å². The van der Waals surface area contributed by atoms with Crippen LogP contribution in [0.25, 0.3) is 0 Å². The summed E-state index contributed by atoms with van der Waals surface area (Å²) in [5.41, 5.74) is 0.664. The Morgan fingerprint density at radius 1 is 1.24 bits per heavy atom. The van der Waals surface area contributed by atoms with Crippen molar-refractivity contribution in [3.63, 3.8) is 0 Å². The van der Waals surface area contributed by atoms with Crippen LogP contribution in [0, 0.1) is 5.92 Å². The number of hydrogen-bond acceptors (Lipinski definition) is 3. The lowest BCUT2D eigenvalue weighted by atomic mass is 9.81. The second-order valence-corrected chi connectivity index (χ2v) is 4.55. The highest BCUT2D eigenvalue weighted by atomic mass is 16.5. The van der Waals surface area contributed by atoms with Crippen molar-refractivity contribution in [2.45, 2.75) is 31.8 Å². The molecule has 1 N–H and O–H groups in total. The number of carbonyl (C=O) groups excluding carboxylic acids is 1. The van der Waals surface area contributed by atoms with Crippen LogP contribution in [0.15, 0.2) is 24.3 Å². The Kier molecular flexibility index (Phi) is 3.79. The third kappa shape index (κ3) is 2.67. The van der Waals surface area contributed by atoms with Gasteiger partial charge in [0.15, 0.2) is 5.78 Å². The van der Waals surface area contributed by atoms with Gasteiger partial charge in [-0.3, -0.25) is 4.79 Å². The Balaban J connectivity index is 2.12. The van der Waals surface area contributed by atoms with Crippen LogP contribution in [0.5, 0.6) is 5.75 Å². The topological polar surface area (TPSA) is 46.5 Å². The third-order valence-electron chi connectivity index (χ3n) is 3.44. The molecule has 0 heterocycles. The van der Waals surface area contributed by atoms with Gasteiger partial charge in [0.25, 0.3) is 0 Å². The first kappa shape index (κ1) is 12.1. The molecule has 92 valence electrons. The zero-order chi connectivity index (χ0) is 12.3. The monoisotopic (exact) mass is 234 g/mol. The minimum atomic E-state index is -0.474. The molecule has 0 amide bonds. The molecule has 17 heavy (non-hydrogen) atoms. The van der Waals surface area contributed by atoms with Crippen LogP contribution < -0.4 is 4.74 Å².